The van der Waals surface area contributed by atoms with Gasteiger partial charge in [-0.05, 0) is 48.7 Å². The first-order chi connectivity index (χ1) is 16.5. The molecule has 0 radical (unpaired) electrons. The van der Waals surface area contributed by atoms with Crippen molar-refractivity contribution in [3.63, 3.8) is 0 Å². The lowest BCUT2D eigenvalue weighted by molar-refractivity contribution is 0.0985. The van der Waals surface area contributed by atoms with E-state index in [4.69, 9.17) is 0 Å². The number of rotatable bonds is 6. The van der Waals surface area contributed by atoms with Crippen LogP contribution in [0.4, 0.5) is 14.5 Å². The van der Waals surface area contributed by atoms with Crippen LogP contribution in [0.5, 0.6) is 0 Å². The topological polar surface area (TPSA) is 63.9 Å². The molecule has 0 aliphatic heterocycles. The van der Waals surface area contributed by atoms with Crippen molar-refractivity contribution in [2.75, 3.05) is 4.90 Å². The minimum atomic E-state index is -0.834. The minimum Gasteiger partial charge on any atom is -0.299 e. The number of aryl methyl sites for hydroxylation is 1. The fraction of sp³-hybridized carbons (Fsp3) is 0.120. The number of hydrogen-bond acceptors (Lipinski definition) is 5. The first kappa shape index (κ1) is 21.8. The van der Waals surface area contributed by atoms with Crippen molar-refractivity contribution < 1.29 is 13.6 Å². The van der Waals surface area contributed by atoms with E-state index in [0.717, 1.165) is 17.0 Å². The van der Waals surface area contributed by atoms with E-state index in [9.17, 15) is 13.6 Å². The van der Waals surface area contributed by atoms with Crippen LogP contribution >= 0.6 is 11.3 Å². The van der Waals surface area contributed by atoms with Crippen LogP contribution in [0, 0.1) is 18.6 Å². The number of aromatic nitrogens is 4. The molecule has 0 saturated carbocycles. The molecule has 4 heterocycles. The summed E-state index contributed by atoms with van der Waals surface area (Å²) in [6.07, 6.45) is 3.20. The van der Waals surface area contributed by atoms with Gasteiger partial charge in [-0.1, -0.05) is 12.1 Å². The molecule has 0 fully saturated rings. The quantitative estimate of drug-likeness (QED) is 0.331. The van der Waals surface area contributed by atoms with Gasteiger partial charge in [0.1, 0.15) is 11.6 Å². The normalized spacial score (nSPS) is 11.1. The number of thiophene rings is 1. The van der Waals surface area contributed by atoms with Crippen LogP contribution in [0.15, 0.2) is 72.4 Å². The Balaban J connectivity index is 1.60. The molecule has 0 aliphatic carbocycles. The van der Waals surface area contributed by atoms with Gasteiger partial charge in [-0.25, -0.2) is 18.4 Å². The monoisotopic (exact) mass is 475 g/mol. The number of pyridine rings is 2. The number of halogens is 2. The maximum absolute atomic E-state index is 14.8. The Morgan fingerprint density at radius 3 is 2.74 bits per heavy atom. The second kappa shape index (κ2) is 9.11. The number of nitrogens with zero attached hydrogens (tertiary/aromatic N) is 5. The van der Waals surface area contributed by atoms with Gasteiger partial charge >= 0.3 is 0 Å². The summed E-state index contributed by atoms with van der Waals surface area (Å²) >= 11 is 1.61. The van der Waals surface area contributed by atoms with Gasteiger partial charge in [0.25, 0.3) is 5.91 Å². The number of fused-ring (bicyclic) bond motifs is 1. The highest BCUT2D eigenvalue weighted by Gasteiger charge is 2.25. The highest BCUT2D eigenvalue weighted by Crippen LogP contribution is 2.27. The molecule has 0 spiro atoms. The highest BCUT2D eigenvalue weighted by atomic mass is 32.1. The largest absolute Gasteiger partial charge is 0.299 e. The molecular weight excluding hydrogens is 456 g/mol. The average Bonchev–Trinajstić information content (AvgIpc) is 3.48. The Morgan fingerprint density at radius 1 is 1.12 bits per heavy atom. The van der Waals surface area contributed by atoms with Crippen molar-refractivity contribution in [2.24, 2.45) is 0 Å². The van der Waals surface area contributed by atoms with Crippen molar-refractivity contribution in [1.82, 2.24) is 19.7 Å². The first-order valence-electron chi connectivity index (χ1n) is 10.5. The molecule has 4 aromatic heterocycles. The van der Waals surface area contributed by atoms with E-state index >= 15 is 0 Å². The molecule has 1 aromatic carbocycles. The lowest BCUT2D eigenvalue weighted by Gasteiger charge is -2.23. The van der Waals surface area contributed by atoms with Crippen molar-refractivity contribution >= 4 is 34.0 Å². The Morgan fingerprint density at radius 2 is 2.00 bits per heavy atom. The van der Waals surface area contributed by atoms with E-state index in [1.165, 1.54) is 11.0 Å². The first-order valence-corrected chi connectivity index (χ1v) is 11.4. The third-order valence-electron chi connectivity index (χ3n) is 5.35. The molecule has 5 aromatic rings. The lowest BCUT2D eigenvalue weighted by atomic mass is 10.1. The van der Waals surface area contributed by atoms with Crippen LogP contribution in [0.25, 0.3) is 11.0 Å². The van der Waals surface area contributed by atoms with Gasteiger partial charge in [-0.15, -0.1) is 11.3 Å². The standard InChI is InChI=1S/C25H19F2N5OS/c1-16-11-20(21-13-29-32(24(21)30-16)15-19-6-4-10-34-19)25(33)31(14-18-5-2-3-9-28-18)23-8-7-17(26)12-22(23)27/h2-13H,14-15H2,1H3. The van der Waals surface area contributed by atoms with Crippen LogP contribution in [0.2, 0.25) is 0 Å². The van der Waals surface area contributed by atoms with Crippen LogP contribution in [-0.2, 0) is 13.1 Å². The zero-order valence-electron chi connectivity index (χ0n) is 18.2. The maximum Gasteiger partial charge on any atom is 0.259 e. The Kier molecular flexibility index (Phi) is 5.85. The van der Waals surface area contributed by atoms with E-state index in [2.05, 4.69) is 15.1 Å². The second-order valence-electron chi connectivity index (χ2n) is 7.74. The summed E-state index contributed by atoms with van der Waals surface area (Å²) in [6.45, 7) is 2.32. The molecule has 5 rings (SSSR count). The number of amides is 1. The third-order valence-corrected chi connectivity index (χ3v) is 6.21. The summed E-state index contributed by atoms with van der Waals surface area (Å²) in [7, 11) is 0. The summed E-state index contributed by atoms with van der Waals surface area (Å²) in [4.78, 5) is 25.1. The van der Waals surface area contributed by atoms with Crippen LogP contribution in [0.3, 0.4) is 0 Å². The predicted molar refractivity (Wildman–Crippen MR) is 127 cm³/mol. The van der Waals surface area contributed by atoms with Gasteiger partial charge in [0.05, 0.1) is 41.6 Å². The van der Waals surface area contributed by atoms with E-state index in [-0.39, 0.29) is 12.2 Å². The smallest absolute Gasteiger partial charge is 0.259 e. The van der Waals surface area contributed by atoms with Gasteiger partial charge in [-0.2, -0.15) is 5.10 Å². The molecule has 1 amide bonds. The molecule has 170 valence electrons. The predicted octanol–water partition coefficient (Wildman–Crippen LogP) is 5.37. The van der Waals surface area contributed by atoms with Gasteiger partial charge in [-0.3, -0.25) is 14.7 Å². The molecule has 0 N–H and O–H groups in total. The number of carbonyl (C=O) groups excluding carboxylic acids is 1. The van der Waals surface area contributed by atoms with Crippen LogP contribution in [-0.4, -0.2) is 25.7 Å². The number of benzene rings is 1. The van der Waals surface area contributed by atoms with Crippen molar-refractivity contribution in [1.29, 1.82) is 0 Å². The van der Waals surface area contributed by atoms with Crippen molar-refractivity contribution in [3.05, 3.63) is 106 Å². The third kappa shape index (κ3) is 4.29. The SMILES string of the molecule is Cc1cc(C(=O)N(Cc2ccccn2)c2ccc(F)cc2F)c2cnn(Cc3cccs3)c2n1. The molecule has 0 saturated heterocycles. The fourth-order valence-electron chi connectivity index (χ4n) is 3.78. The maximum atomic E-state index is 14.8. The van der Waals surface area contributed by atoms with Crippen LogP contribution in [0.1, 0.15) is 26.6 Å². The van der Waals surface area contributed by atoms with Gasteiger partial charge in [0, 0.05) is 22.8 Å². The van der Waals surface area contributed by atoms with E-state index in [1.807, 2.05) is 17.5 Å². The van der Waals surface area contributed by atoms with E-state index in [1.54, 1.807) is 59.6 Å². The molecule has 0 unspecified atom stereocenters. The lowest BCUT2D eigenvalue weighted by Crippen LogP contribution is -2.32. The fourth-order valence-corrected chi connectivity index (χ4v) is 4.47. The van der Waals surface area contributed by atoms with Gasteiger partial charge < -0.3 is 0 Å². The molecule has 0 bridgehead atoms. The molecule has 34 heavy (non-hydrogen) atoms. The van der Waals surface area contributed by atoms with Gasteiger partial charge in [0.15, 0.2) is 5.65 Å². The Hall–Kier alpha value is -3.98. The zero-order valence-corrected chi connectivity index (χ0v) is 19.0. The second-order valence-corrected chi connectivity index (χ2v) is 8.77. The Labute approximate surface area is 198 Å². The van der Waals surface area contributed by atoms with E-state index < -0.39 is 17.5 Å². The molecular formula is C25H19F2N5OS. The summed E-state index contributed by atoms with van der Waals surface area (Å²) in [5.41, 5.74) is 2.05. The molecule has 6 nitrogen and oxygen atoms in total. The number of carbonyl (C=O) groups is 1. The van der Waals surface area contributed by atoms with Crippen LogP contribution < -0.4 is 4.90 Å². The Bertz CT molecular complexity index is 1470. The summed E-state index contributed by atoms with van der Waals surface area (Å²) < 4.78 is 30.2. The average molecular weight is 476 g/mol. The zero-order chi connectivity index (χ0) is 23.7. The number of anilines is 1. The van der Waals surface area contributed by atoms with E-state index in [0.29, 0.717) is 34.5 Å². The molecule has 0 aliphatic rings. The van der Waals surface area contributed by atoms with Crippen molar-refractivity contribution in [3.8, 4) is 0 Å². The minimum absolute atomic E-state index is 0.00836. The summed E-state index contributed by atoms with van der Waals surface area (Å²) in [6, 6.07) is 14.1. The number of hydrogen-bond donors (Lipinski definition) is 0. The molecule has 9 heteroatoms. The molecule has 0 atom stereocenters. The van der Waals surface area contributed by atoms with Crippen molar-refractivity contribution in [2.45, 2.75) is 20.0 Å². The summed E-state index contributed by atoms with van der Waals surface area (Å²) in [5.74, 6) is -2.01. The van der Waals surface area contributed by atoms with Gasteiger partial charge in [0.2, 0.25) is 0 Å². The highest BCUT2D eigenvalue weighted by molar-refractivity contribution is 7.09. The summed E-state index contributed by atoms with van der Waals surface area (Å²) in [5, 5.41) is 7.00.